The summed E-state index contributed by atoms with van der Waals surface area (Å²) in [5.41, 5.74) is 1.93. The van der Waals surface area contributed by atoms with Crippen molar-refractivity contribution in [1.82, 2.24) is 9.24 Å². The number of benzene rings is 2. The molecule has 2 heterocycles. The third kappa shape index (κ3) is 1.41. The van der Waals surface area contributed by atoms with Crippen molar-refractivity contribution in [2.24, 2.45) is 0 Å². The monoisotopic (exact) mass is 259 g/mol. The van der Waals surface area contributed by atoms with Crippen LogP contribution in [-0.2, 0) is 0 Å². The van der Waals surface area contributed by atoms with Crippen LogP contribution in [0.25, 0.3) is 22.7 Å². The molecule has 1 aliphatic rings. The fraction of sp³-hybridized carbons (Fsp3) is 0. The second-order valence-corrected chi connectivity index (χ2v) is 4.70. The first-order chi connectivity index (χ1) is 9.86. The zero-order valence-corrected chi connectivity index (χ0v) is 10.7. The topological polar surface area (TPSA) is 36.1 Å². The molecule has 0 spiro atoms. The van der Waals surface area contributed by atoms with Gasteiger partial charge in [-0.15, -0.1) is 0 Å². The predicted octanol–water partition coefficient (Wildman–Crippen LogP) is 0.542. The maximum Gasteiger partial charge on any atom is 0.398 e. The lowest BCUT2D eigenvalue weighted by atomic mass is 10.1. The Labute approximate surface area is 114 Å². The molecule has 0 saturated heterocycles. The predicted molar refractivity (Wildman–Crippen MR) is 80.6 cm³/mol. The van der Waals surface area contributed by atoms with E-state index in [1.165, 1.54) is 0 Å². The summed E-state index contributed by atoms with van der Waals surface area (Å²) in [4.78, 5) is 12.5. The van der Waals surface area contributed by atoms with Crippen molar-refractivity contribution in [3.8, 4) is 5.69 Å². The average Bonchev–Trinajstić information content (AvgIpc) is 2.98. The van der Waals surface area contributed by atoms with Gasteiger partial charge in [-0.2, -0.15) is 0 Å². The molecule has 0 amide bonds. The Morgan fingerprint density at radius 1 is 0.900 bits per heavy atom. The van der Waals surface area contributed by atoms with Crippen molar-refractivity contribution in [3.63, 3.8) is 0 Å². The first-order valence-corrected chi connectivity index (χ1v) is 6.47. The van der Waals surface area contributed by atoms with Gasteiger partial charge < -0.3 is 4.57 Å². The lowest BCUT2D eigenvalue weighted by molar-refractivity contribution is 1.02. The third-order valence-electron chi connectivity index (χ3n) is 3.54. The number of hydrogen-bond acceptors (Lipinski definition) is 1. The van der Waals surface area contributed by atoms with Crippen molar-refractivity contribution < 1.29 is 0 Å². The van der Waals surface area contributed by atoms with E-state index in [4.69, 9.17) is 0 Å². The van der Waals surface area contributed by atoms with E-state index in [-0.39, 0.29) is 5.43 Å². The Morgan fingerprint density at radius 2 is 1.65 bits per heavy atom. The van der Waals surface area contributed by atoms with Gasteiger partial charge in [-0.25, -0.2) is 0 Å². The van der Waals surface area contributed by atoms with Gasteiger partial charge in [0, 0.05) is 5.69 Å². The molecular weight excluding hydrogens is 248 g/mol. The first kappa shape index (κ1) is 11.0. The standard InChI is InChI=1S/C17H11N2O/c20-17-13-8-4-5-9-14(13)19(12-6-2-1-3-7-12)15-10-11-18-16(15)17/h1-11H/q+1. The SMILES string of the molecule is O=c1c2c(n(-c3ccccc3)c3ccccc13)=CC=[N+]=2. The molecule has 3 nitrogen and oxygen atoms in total. The maximum atomic E-state index is 12.5. The summed E-state index contributed by atoms with van der Waals surface area (Å²) in [5.74, 6) is 0. The van der Waals surface area contributed by atoms with Gasteiger partial charge >= 0.3 is 5.36 Å². The van der Waals surface area contributed by atoms with Gasteiger partial charge in [-0.3, -0.25) is 4.79 Å². The molecule has 0 aliphatic carbocycles. The van der Waals surface area contributed by atoms with Crippen LogP contribution in [0.4, 0.5) is 0 Å². The van der Waals surface area contributed by atoms with Gasteiger partial charge in [0.15, 0.2) is 0 Å². The lowest BCUT2D eigenvalue weighted by Gasteiger charge is -2.09. The van der Waals surface area contributed by atoms with E-state index in [1.807, 2.05) is 60.7 Å². The minimum absolute atomic E-state index is 0.00668. The number of fused-ring (bicyclic) bond motifs is 2. The summed E-state index contributed by atoms with van der Waals surface area (Å²) in [6.45, 7) is 0. The van der Waals surface area contributed by atoms with Crippen molar-refractivity contribution in [2.75, 3.05) is 0 Å². The number of nitrogens with zero attached hydrogens (tertiary/aromatic N) is 2. The summed E-state index contributed by atoms with van der Waals surface area (Å²) in [5, 5.41) is 2.06. The van der Waals surface area contributed by atoms with Gasteiger partial charge in [0.25, 0.3) is 11.6 Å². The van der Waals surface area contributed by atoms with E-state index in [0.717, 1.165) is 16.6 Å². The minimum atomic E-state index is -0.00668. The summed E-state index contributed by atoms with van der Waals surface area (Å²) in [7, 11) is 0. The van der Waals surface area contributed by atoms with Crippen LogP contribution in [0.2, 0.25) is 0 Å². The Balaban J connectivity index is 2.33. The number of hydrogen-bond donors (Lipinski definition) is 0. The average molecular weight is 259 g/mol. The highest BCUT2D eigenvalue weighted by atomic mass is 16.1. The van der Waals surface area contributed by atoms with Crippen LogP contribution in [-0.4, -0.2) is 10.8 Å². The smallest absolute Gasteiger partial charge is 0.303 e. The van der Waals surface area contributed by atoms with Crippen LogP contribution in [0.3, 0.4) is 0 Å². The molecular formula is C17H11N2O+. The number of para-hydroxylation sites is 2. The fourth-order valence-electron chi connectivity index (χ4n) is 2.66. The van der Waals surface area contributed by atoms with Crippen molar-refractivity contribution in [3.05, 3.63) is 75.5 Å². The Hall–Kier alpha value is -2.90. The van der Waals surface area contributed by atoms with E-state index < -0.39 is 0 Å². The van der Waals surface area contributed by atoms with Crippen molar-refractivity contribution in [2.45, 2.75) is 0 Å². The molecule has 1 aliphatic heterocycles. The number of rotatable bonds is 1. The van der Waals surface area contributed by atoms with Crippen LogP contribution in [0, 0.1) is 0 Å². The highest BCUT2D eigenvalue weighted by Gasteiger charge is 2.17. The molecule has 4 rings (SSSR count). The first-order valence-electron chi connectivity index (χ1n) is 6.47. The Kier molecular flexibility index (Phi) is 2.22. The minimum Gasteiger partial charge on any atom is -0.303 e. The van der Waals surface area contributed by atoms with Gasteiger partial charge in [-0.05, 0) is 24.3 Å². The molecule has 0 radical (unpaired) electrons. The van der Waals surface area contributed by atoms with Gasteiger partial charge in [0.2, 0.25) is 0 Å². The fourth-order valence-corrected chi connectivity index (χ4v) is 2.66. The second kappa shape index (κ2) is 4.05. The molecule has 3 aromatic rings. The van der Waals surface area contributed by atoms with Crippen LogP contribution >= 0.6 is 0 Å². The molecule has 1 aromatic heterocycles. The molecule has 20 heavy (non-hydrogen) atoms. The Morgan fingerprint density at radius 3 is 2.50 bits per heavy atom. The van der Waals surface area contributed by atoms with E-state index >= 15 is 0 Å². The summed E-state index contributed by atoms with van der Waals surface area (Å²) >= 11 is 0. The second-order valence-electron chi connectivity index (χ2n) is 4.70. The molecule has 0 unspecified atom stereocenters. The van der Waals surface area contributed by atoms with Crippen LogP contribution in [0.5, 0.6) is 0 Å². The Bertz CT molecular complexity index is 1040. The van der Waals surface area contributed by atoms with E-state index in [1.54, 1.807) is 6.21 Å². The van der Waals surface area contributed by atoms with Gasteiger partial charge in [-0.1, -0.05) is 35.0 Å². The van der Waals surface area contributed by atoms with Crippen LogP contribution in [0.15, 0.2) is 59.4 Å². The zero-order valence-electron chi connectivity index (χ0n) is 10.7. The molecule has 0 bridgehead atoms. The van der Waals surface area contributed by atoms with Gasteiger partial charge in [0.05, 0.1) is 17.0 Å². The summed E-state index contributed by atoms with van der Waals surface area (Å²) < 4.78 is 6.30. The molecule has 0 saturated carbocycles. The van der Waals surface area contributed by atoms with E-state index in [0.29, 0.717) is 10.7 Å². The maximum absolute atomic E-state index is 12.5. The van der Waals surface area contributed by atoms with Crippen molar-refractivity contribution >= 4 is 23.2 Å². The van der Waals surface area contributed by atoms with Crippen LogP contribution < -0.4 is 20.8 Å². The zero-order chi connectivity index (χ0) is 13.5. The summed E-state index contributed by atoms with van der Waals surface area (Å²) in [6, 6.07) is 17.7. The third-order valence-corrected chi connectivity index (χ3v) is 3.54. The lowest BCUT2D eigenvalue weighted by Crippen LogP contribution is -2.45. The normalized spacial score (nSPS) is 12.0. The van der Waals surface area contributed by atoms with Crippen molar-refractivity contribution in [1.29, 1.82) is 0 Å². The number of aromatic nitrogens is 1. The van der Waals surface area contributed by atoms with E-state index in [9.17, 15) is 4.79 Å². The highest BCUT2D eigenvalue weighted by Crippen LogP contribution is 2.12. The molecule has 0 atom stereocenters. The van der Waals surface area contributed by atoms with Crippen LogP contribution in [0.1, 0.15) is 0 Å². The largest absolute Gasteiger partial charge is 0.398 e. The molecule has 0 N–H and O–H groups in total. The number of pyridine rings is 1. The van der Waals surface area contributed by atoms with Gasteiger partial charge in [0.1, 0.15) is 5.35 Å². The molecule has 0 fully saturated rings. The molecule has 3 heteroatoms. The highest BCUT2D eigenvalue weighted by molar-refractivity contribution is 5.92. The molecule has 94 valence electrons. The van der Waals surface area contributed by atoms with E-state index in [2.05, 4.69) is 9.24 Å². The molecule has 2 aromatic carbocycles. The quantitative estimate of drug-likeness (QED) is 0.588. The summed E-state index contributed by atoms with van der Waals surface area (Å²) in [6.07, 6.45) is 3.57.